The molecule has 0 unspecified atom stereocenters. The van der Waals surface area contributed by atoms with Gasteiger partial charge in [-0.3, -0.25) is 15.0 Å². The lowest BCUT2D eigenvalue weighted by Crippen LogP contribution is -2.40. The zero-order chi connectivity index (χ0) is 15.2. The van der Waals surface area contributed by atoms with Gasteiger partial charge in [0.05, 0.1) is 17.8 Å². The minimum Gasteiger partial charge on any atom is -0.392 e. The summed E-state index contributed by atoms with van der Waals surface area (Å²) in [6, 6.07) is 1.96. The van der Waals surface area contributed by atoms with Crippen LogP contribution in [0.5, 0.6) is 0 Å². The van der Waals surface area contributed by atoms with E-state index in [4.69, 9.17) is 4.52 Å². The number of aliphatic hydroxyl groups is 1. The Kier molecular flexibility index (Phi) is 3.53. The molecule has 1 aromatic rings. The zero-order valence-corrected chi connectivity index (χ0v) is 12.8. The molecule has 2 atom stereocenters. The number of hydrogen-bond acceptors (Lipinski definition) is 5. The lowest BCUT2D eigenvalue weighted by Gasteiger charge is -2.22. The average Bonchev–Trinajstić information content (AvgIpc) is 2.98. The molecule has 2 fully saturated rings. The lowest BCUT2D eigenvalue weighted by molar-refractivity contribution is -0.120. The van der Waals surface area contributed by atoms with E-state index in [0.717, 1.165) is 18.5 Å². The van der Waals surface area contributed by atoms with E-state index < -0.39 is 6.10 Å². The van der Waals surface area contributed by atoms with Crippen molar-refractivity contribution in [3.05, 3.63) is 11.8 Å². The summed E-state index contributed by atoms with van der Waals surface area (Å²) < 4.78 is 5.20. The first kappa shape index (κ1) is 14.5. The molecule has 6 heteroatoms. The van der Waals surface area contributed by atoms with E-state index in [0.29, 0.717) is 24.9 Å². The van der Waals surface area contributed by atoms with E-state index in [9.17, 15) is 9.90 Å². The maximum atomic E-state index is 12.4. The number of aliphatic hydroxyl groups excluding tert-OH is 1. The Hall–Kier alpha value is -1.40. The predicted molar refractivity (Wildman–Crippen MR) is 78.0 cm³/mol. The van der Waals surface area contributed by atoms with Gasteiger partial charge in [-0.2, -0.15) is 0 Å². The number of hydrogen-bond donors (Lipinski definition) is 2. The molecular weight excluding hydrogens is 270 g/mol. The molecule has 1 amide bonds. The Morgan fingerprint density at radius 2 is 2.19 bits per heavy atom. The zero-order valence-electron chi connectivity index (χ0n) is 12.8. The molecule has 2 heterocycles. The van der Waals surface area contributed by atoms with Crippen LogP contribution in [0.4, 0.5) is 5.88 Å². The van der Waals surface area contributed by atoms with Crippen LogP contribution in [0.1, 0.15) is 45.7 Å². The Morgan fingerprint density at radius 1 is 1.48 bits per heavy atom. The minimum atomic E-state index is -0.416. The molecular formula is C15H23N3O3. The van der Waals surface area contributed by atoms with Crippen LogP contribution in [-0.4, -0.2) is 45.8 Å². The molecule has 21 heavy (non-hydrogen) atoms. The van der Waals surface area contributed by atoms with Crippen LogP contribution in [0.3, 0.4) is 0 Å². The van der Waals surface area contributed by atoms with Gasteiger partial charge in [-0.25, -0.2) is 0 Å². The van der Waals surface area contributed by atoms with Gasteiger partial charge in [0.25, 0.3) is 0 Å². The van der Waals surface area contributed by atoms with E-state index in [1.165, 1.54) is 0 Å². The molecule has 2 aliphatic rings. The third kappa shape index (κ3) is 3.11. The van der Waals surface area contributed by atoms with Crippen LogP contribution < -0.4 is 5.32 Å². The number of amides is 1. The van der Waals surface area contributed by atoms with Crippen molar-refractivity contribution in [3.8, 4) is 0 Å². The summed E-state index contributed by atoms with van der Waals surface area (Å²) in [4.78, 5) is 14.5. The smallest absolute Gasteiger partial charge is 0.244 e. The van der Waals surface area contributed by atoms with E-state index in [-0.39, 0.29) is 17.4 Å². The number of anilines is 1. The molecule has 1 aromatic heterocycles. The molecule has 1 aliphatic carbocycles. The van der Waals surface area contributed by atoms with Crippen LogP contribution in [0.25, 0.3) is 0 Å². The summed E-state index contributed by atoms with van der Waals surface area (Å²) in [5, 5.41) is 16.6. The number of likely N-dealkylation sites (tertiary alicyclic amines) is 1. The highest BCUT2D eigenvalue weighted by Gasteiger charge is 2.43. The quantitative estimate of drug-likeness (QED) is 0.883. The monoisotopic (exact) mass is 293 g/mol. The molecule has 116 valence electrons. The largest absolute Gasteiger partial charge is 0.392 e. The lowest BCUT2D eigenvalue weighted by atomic mass is 9.92. The normalized spacial score (nSPS) is 27.0. The van der Waals surface area contributed by atoms with Crippen LogP contribution in [-0.2, 0) is 10.2 Å². The first-order valence-electron chi connectivity index (χ1n) is 7.56. The number of β-amino-alcohol motifs (C(OH)–C–C–N with tert-alkyl or cyclic N) is 1. The second kappa shape index (κ2) is 5.10. The van der Waals surface area contributed by atoms with Crippen molar-refractivity contribution in [3.63, 3.8) is 0 Å². The number of carbonyl (C=O) groups is 1. The van der Waals surface area contributed by atoms with E-state index in [1.807, 2.05) is 20.8 Å². The van der Waals surface area contributed by atoms with Crippen molar-refractivity contribution in [2.75, 3.05) is 11.9 Å². The maximum Gasteiger partial charge on any atom is 0.244 e. The Morgan fingerprint density at radius 3 is 2.76 bits per heavy atom. The van der Waals surface area contributed by atoms with E-state index in [2.05, 4.69) is 15.4 Å². The Balaban J connectivity index is 1.67. The van der Waals surface area contributed by atoms with Gasteiger partial charge in [0.2, 0.25) is 11.8 Å². The number of nitrogens with zero attached hydrogens (tertiary/aromatic N) is 2. The van der Waals surface area contributed by atoms with Gasteiger partial charge in [0.15, 0.2) is 0 Å². The van der Waals surface area contributed by atoms with Gasteiger partial charge < -0.3 is 9.63 Å². The average molecular weight is 293 g/mol. The van der Waals surface area contributed by atoms with Crippen molar-refractivity contribution in [1.82, 2.24) is 10.1 Å². The molecule has 0 aromatic carbocycles. The first-order chi connectivity index (χ1) is 9.84. The van der Waals surface area contributed by atoms with Crippen molar-refractivity contribution in [2.24, 2.45) is 0 Å². The number of carbonyl (C=O) groups excluding carboxylic acids is 1. The highest BCUT2D eigenvalue weighted by atomic mass is 16.5. The van der Waals surface area contributed by atoms with Gasteiger partial charge >= 0.3 is 0 Å². The highest BCUT2D eigenvalue weighted by molar-refractivity contribution is 5.94. The van der Waals surface area contributed by atoms with Crippen LogP contribution in [0.2, 0.25) is 0 Å². The predicted octanol–water partition coefficient (Wildman–Crippen LogP) is 1.51. The van der Waals surface area contributed by atoms with E-state index in [1.54, 1.807) is 6.07 Å². The standard InChI is InChI=1S/C15H23N3O3/c1-15(2,3)12-7-13(21-17-12)16-14(20)11-6-10(19)8-18(11)9-4-5-9/h7,9-11,19H,4-6,8H2,1-3H3,(H,16,20)/t10-,11+/m1/s1. The molecule has 6 nitrogen and oxygen atoms in total. The summed E-state index contributed by atoms with van der Waals surface area (Å²) in [6.45, 7) is 6.71. The first-order valence-corrected chi connectivity index (χ1v) is 7.56. The molecule has 2 N–H and O–H groups in total. The molecule has 0 spiro atoms. The second-order valence-electron chi connectivity index (χ2n) is 7.15. The van der Waals surface area contributed by atoms with Gasteiger partial charge in [-0.15, -0.1) is 0 Å². The maximum absolute atomic E-state index is 12.4. The van der Waals surface area contributed by atoms with Gasteiger partial charge in [-0.1, -0.05) is 25.9 Å². The highest BCUT2D eigenvalue weighted by Crippen LogP contribution is 2.34. The number of nitrogens with one attached hydrogen (secondary N) is 1. The molecule has 1 saturated heterocycles. The fourth-order valence-electron chi connectivity index (χ4n) is 2.80. The van der Waals surface area contributed by atoms with Crippen LogP contribution in [0, 0.1) is 0 Å². The van der Waals surface area contributed by atoms with Gasteiger partial charge in [0.1, 0.15) is 0 Å². The van der Waals surface area contributed by atoms with Crippen molar-refractivity contribution >= 4 is 11.8 Å². The van der Waals surface area contributed by atoms with Crippen LogP contribution in [0.15, 0.2) is 10.6 Å². The summed E-state index contributed by atoms with van der Waals surface area (Å²) >= 11 is 0. The van der Waals surface area contributed by atoms with Gasteiger partial charge in [0, 0.05) is 24.1 Å². The number of aromatic nitrogens is 1. The SMILES string of the molecule is CC(C)(C)c1cc(NC(=O)[C@@H]2C[C@@H](O)CN2C2CC2)on1. The van der Waals surface area contributed by atoms with Crippen LogP contribution >= 0.6 is 0 Å². The van der Waals surface area contributed by atoms with Crippen molar-refractivity contribution < 1.29 is 14.4 Å². The topological polar surface area (TPSA) is 78.6 Å². The summed E-state index contributed by atoms with van der Waals surface area (Å²) in [5.41, 5.74) is 0.694. The van der Waals surface area contributed by atoms with Crippen molar-refractivity contribution in [2.45, 2.75) is 63.6 Å². The summed E-state index contributed by atoms with van der Waals surface area (Å²) in [5.74, 6) is 0.261. The third-order valence-corrected chi connectivity index (χ3v) is 4.16. The second-order valence-corrected chi connectivity index (χ2v) is 7.15. The van der Waals surface area contributed by atoms with Gasteiger partial charge in [-0.05, 0) is 19.3 Å². The summed E-state index contributed by atoms with van der Waals surface area (Å²) in [6.07, 6.45) is 2.31. The van der Waals surface area contributed by atoms with Crippen molar-refractivity contribution in [1.29, 1.82) is 0 Å². The Labute approximate surface area is 124 Å². The molecule has 1 saturated carbocycles. The molecule has 0 radical (unpaired) electrons. The minimum absolute atomic E-state index is 0.115. The Bertz CT molecular complexity index is 531. The third-order valence-electron chi connectivity index (χ3n) is 4.16. The summed E-state index contributed by atoms with van der Waals surface area (Å²) in [7, 11) is 0. The molecule has 3 rings (SSSR count). The molecule has 0 bridgehead atoms. The van der Waals surface area contributed by atoms with E-state index >= 15 is 0 Å². The fourth-order valence-corrected chi connectivity index (χ4v) is 2.80. The molecule has 1 aliphatic heterocycles. The number of rotatable bonds is 3. The fraction of sp³-hybridized carbons (Fsp3) is 0.733.